The monoisotopic (exact) mass is 733 g/mol. The number of phenolic OH excluding ortho intramolecular Hbond substituents is 1. The molecule has 5 heteroatoms. The van der Waals surface area contributed by atoms with Crippen molar-refractivity contribution in [2.24, 2.45) is 10.8 Å². The predicted molar refractivity (Wildman–Crippen MR) is 197 cm³/mol. The summed E-state index contributed by atoms with van der Waals surface area (Å²) >= 11 is 2.38. The number of benzene rings is 3. The normalized spacial score (nSPS) is 19.5. The molecule has 0 aromatic heterocycles. The van der Waals surface area contributed by atoms with Crippen LogP contribution in [0.15, 0.2) is 66.3 Å². The van der Waals surface area contributed by atoms with E-state index in [9.17, 15) is 0 Å². The van der Waals surface area contributed by atoms with Crippen molar-refractivity contribution >= 4 is 28.6 Å². The van der Waals surface area contributed by atoms with Crippen molar-refractivity contribution in [2.75, 3.05) is 0 Å². The molecule has 4 aliphatic carbocycles. The first-order chi connectivity index (χ1) is 21.5. The van der Waals surface area contributed by atoms with E-state index in [4.69, 9.17) is 5.11 Å². The molecule has 0 atom stereocenters. The number of aromatic hydroxyl groups is 1. The van der Waals surface area contributed by atoms with Gasteiger partial charge < -0.3 is 29.9 Å². The zero-order valence-corrected chi connectivity index (χ0v) is 35.0. The van der Waals surface area contributed by atoms with Crippen LogP contribution in [0.3, 0.4) is 0 Å². The van der Waals surface area contributed by atoms with Gasteiger partial charge in [0.25, 0.3) is 0 Å². The fourth-order valence-electron chi connectivity index (χ4n) is 7.80. The number of phenols is 1. The summed E-state index contributed by atoms with van der Waals surface area (Å²) in [6, 6.07) is 16.2. The van der Waals surface area contributed by atoms with Gasteiger partial charge in [0.2, 0.25) is 0 Å². The summed E-state index contributed by atoms with van der Waals surface area (Å²) in [5.41, 5.74) is 10.4. The molecule has 0 bridgehead atoms. The minimum Gasteiger partial charge on any atom is -1.00 e. The van der Waals surface area contributed by atoms with E-state index in [1.165, 1.54) is 55.0 Å². The van der Waals surface area contributed by atoms with E-state index < -0.39 is 0 Å². The number of rotatable bonds is 2. The number of hydrogen-bond acceptors (Lipinski definition) is 1. The quantitative estimate of drug-likeness (QED) is 0.240. The van der Waals surface area contributed by atoms with Crippen LogP contribution < -0.4 is 35.3 Å². The van der Waals surface area contributed by atoms with Crippen LogP contribution in [-0.2, 0) is 42.8 Å². The van der Waals surface area contributed by atoms with Gasteiger partial charge in [0.15, 0.2) is 0 Å². The third kappa shape index (κ3) is 8.49. The molecule has 7 rings (SSSR count). The Morgan fingerprint density at radius 3 is 1.98 bits per heavy atom. The van der Waals surface area contributed by atoms with Gasteiger partial charge in [0.05, 0.1) is 0 Å². The summed E-state index contributed by atoms with van der Waals surface area (Å²) in [7, 11) is 0. The number of fused-ring (bicyclic) bond motifs is 8. The first-order valence-electron chi connectivity index (χ1n) is 17.5. The van der Waals surface area contributed by atoms with Gasteiger partial charge in [0, 0.05) is 10.8 Å². The Morgan fingerprint density at radius 2 is 1.38 bits per heavy atom. The summed E-state index contributed by atoms with van der Waals surface area (Å²) in [5.74, 6) is 0.323. The Labute approximate surface area is 315 Å². The van der Waals surface area contributed by atoms with Crippen molar-refractivity contribution in [3.05, 3.63) is 99.0 Å². The summed E-state index contributed by atoms with van der Waals surface area (Å²) in [4.78, 5) is 0. The fourth-order valence-corrected chi connectivity index (χ4v) is 8.30. The molecule has 0 heterocycles. The van der Waals surface area contributed by atoms with E-state index in [0.29, 0.717) is 11.2 Å². The SMILES string of the molecule is CC1(C)C=C2[C-]=c3c4c(c5c(c3=C2CC1)C(C)(C)C=CC5(C)C)CCC(C)(C)C4.CC[Si](=[Ti+2])CC.Oc1ccc2ccccc2c1.[Cl-].[Cl-]. The molecule has 3 aromatic rings. The van der Waals surface area contributed by atoms with Crippen molar-refractivity contribution in [2.45, 2.75) is 124 Å². The van der Waals surface area contributed by atoms with Crippen LogP contribution in [0.4, 0.5) is 0 Å². The second kappa shape index (κ2) is 15.4. The molecule has 0 aliphatic heterocycles. The van der Waals surface area contributed by atoms with Gasteiger partial charge in [-0.3, -0.25) is 0 Å². The van der Waals surface area contributed by atoms with Crippen molar-refractivity contribution < 1.29 is 49.1 Å². The second-order valence-corrected chi connectivity index (χ2v) is 22.5. The molecule has 3 aromatic carbocycles. The number of halogens is 2. The number of allylic oxidation sites excluding steroid dienone is 4. The third-order valence-corrected chi connectivity index (χ3v) is 15.7. The molecular weight excluding hydrogens is 679 g/mol. The molecule has 0 saturated carbocycles. The Bertz CT molecular complexity index is 1870. The number of hydrogen-bond donors (Lipinski definition) is 1. The molecule has 256 valence electrons. The molecule has 0 spiro atoms. The van der Waals surface area contributed by atoms with Crippen molar-refractivity contribution in [1.82, 2.24) is 0 Å². The largest absolute Gasteiger partial charge is 1.00 e. The van der Waals surface area contributed by atoms with Crippen LogP contribution in [-0.4, -0.2) is 11.3 Å². The molecule has 0 fully saturated rings. The standard InChI is InChI=1S/C29H37.C10H8O.C4H10Si.2ClH.Ti/c1-26(2)11-9-19-18(16-26)15-21-22-17-27(3,4)12-10-20(22)24-25(23(19)21)29(7,8)14-13-28(24,5)6;11-10-6-5-8-3-1-2-4-9(8)7-10;1-3-5-4-2;;;/h13-14,16H,9-12,17H2,1-8H3;1-7,11H;3-4H2,1-2H3;2*1H;/q-1;;;;;+2/p-2. The Balaban J connectivity index is 0.000000273. The zero-order chi connectivity index (χ0) is 33.7. The van der Waals surface area contributed by atoms with Crippen LogP contribution in [0.1, 0.15) is 111 Å². The van der Waals surface area contributed by atoms with E-state index in [-0.39, 0.29) is 47.2 Å². The van der Waals surface area contributed by atoms with Crippen LogP contribution in [0.5, 0.6) is 5.75 Å². The Hall–Kier alpha value is -1.55. The summed E-state index contributed by atoms with van der Waals surface area (Å²) in [6.07, 6.45) is 17.7. The van der Waals surface area contributed by atoms with Crippen LogP contribution >= 0.6 is 0 Å². The maximum absolute atomic E-state index is 9.13. The fraction of sp³-hybridized carbons (Fsp3) is 0.488. The molecule has 1 nitrogen and oxygen atoms in total. The topological polar surface area (TPSA) is 20.2 Å². The van der Waals surface area contributed by atoms with Crippen LogP contribution in [0.2, 0.25) is 12.1 Å². The maximum Gasteiger partial charge on any atom is 0.116 e. The third-order valence-electron chi connectivity index (χ3n) is 10.7. The van der Waals surface area contributed by atoms with Gasteiger partial charge >= 0.3 is 51.3 Å². The molecule has 0 unspecified atom stereocenters. The van der Waals surface area contributed by atoms with Crippen molar-refractivity contribution in [3.8, 4) is 5.75 Å². The smallest absolute Gasteiger partial charge is 0.116 e. The second-order valence-electron chi connectivity index (χ2n) is 16.6. The van der Waals surface area contributed by atoms with Gasteiger partial charge in [0.1, 0.15) is 5.75 Å². The molecule has 48 heavy (non-hydrogen) atoms. The average molecular weight is 735 g/mol. The molecular formula is C43H55Cl2OSiTi-. The van der Waals surface area contributed by atoms with E-state index in [1.54, 1.807) is 45.2 Å². The first-order valence-corrected chi connectivity index (χ1v) is 21.8. The Kier molecular flexibility index (Phi) is 13.1. The van der Waals surface area contributed by atoms with Gasteiger partial charge in [-0.1, -0.05) is 122 Å². The Morgan fingerprint density at radius 1 is 0.771 bits per heavy atom. The minimum absolute atomic E-state index is 0. The molecule has 1 N–H and O–H groups in total. The van der Waals surface area contributed by atoms with Crippen molar-refractivity contribution in [1.29, 1.82) is 0 Å². The van der Waals surface area contributed by atoms with Crippen molar-refractivity contribution in [3.63, 3.8) is 0 Å². The van der Waals surface area contributed by atoms with Gasteiger partial charge in [-0.2, -0.15) is 0 Å². The first kappa shape index (κ1) is 40.9. The van der Waals surface area contributed by atoms with E-state index in [0.717, 1.165) is 10.8 Å². The summed E-state index contributed by atoms with van der Waals surface area (Å²) in [6.45, 7) is 23.9. The van der Waals surface area contributed by atoms with E-state index in [1.807, 2.05) is 30.3 Å². The minimum atomic E-state index is 0. The average Bonchev–Trinajstić information content (AvgIpc) is 3.36. The van der Waals surface area contributed by atoms with Gasteiger partial charge in [-0.15, -0.1) is 39.3 Å². The molecule has 0 amide bonds. The molecule has 0 saturated heterocycles. The summed E-state index contributed by atoms with van der Waals surface area (Å²) in [5, 5.41) is 14.4. The van der Waals surface area contributed by atoms with Gasteiger partial charge in [-0.05, 0) is 58.6 Å². The van der Waals surface area contributed by atoms with Crippen LogP contribution in [0.25, 0.3) is 22.4 Å². The maximum atomic E-state index is 9.13. The van der Waals surface area contributed by atoms with E-state index in [2.05, 4.69) is 113 Å². The van der Waals surface area contributed by atoms with Gasteiger partial charge in [-0.25, -0.2) is 0 Å². The predicted octanol–water partition coefficient (Wildman–Crippen LogP) is 4.01. The summed E-state index contributed by atoms with van der Waals surface area (Å²) < 4.78 is 0. The van der Waals surface area contributed by atoms with E-state index >= 15 is 0 Å². The van der Waals surface area contributed by atoms with Crippen LogP contribution in [0, 0.1) is 10.8 Å². The molecule has 0 radical (unpaired) electrons. The zero-order valence-electron chi connectivity index (χ0n) is 30.9. The molecule has 4 aliphatic rings.